The molecule has 0 saturated heterocycles. The fraction of sp³-hybridized carbons (Fsp3) is 0. The van der Waals surface area contributed by atoms with Crippen LogP contribution in [0.5, 0.6) is 5.75 Å². The maximum atomic E-state index is 9.69. The van der Waals surface area contributed by atoms with E-state index in [0.29, 0.717) is 5.75 Å². The molecule has 6 aromatic rings. The molecule has 0 radical (unpaired) electrons. The molecule has 0 aromatic heterocycles. The van der Waals surface area contributed by atoms with E-state index < -0.39 is 0 Å². The predicted octanol–water partition coefficient (Wildman–Crippen LogP) is 7.11. The van der Waals surface area contributed by atoms with E-state index in [1.165, 1.54) is 48.7 Å². The minimum atomic E-state index is 0.293. The highest BCUT2D eigenvalue weighted by atomic mass is 16.3. The lowest BCUT2D eigenvalue weighted by Crippen LogP contribution is -1.89. The van der Waals surface area contributed by atoms with Crippen LogP contribution in [-0.4, -0.2) is 5.11 Å². The molecule has 0 bridgehead atoms. The van der Waals surface area contributed by atoms with Gasteiger partial charge in [-0.3, -0.25) is 0 Å². The van der Waals surface area contributed by atoms with E-state index in [-0.39, 0.29) is 0 Å². The average Bonchev–Trinajstić information content (AvgIpc) is 2.72. The molecule has 0 aliphatic carbocycles. The molecule has 1 N–H and O–H groups in total. The lowest BCUT2D eigenvalue weighted by Gasteiger charge is -2.16. The fourth-order valence-corrected chi connectivity index (χ4v) is 4.46. The third-order valence-electron chi connectivity index (χ3n) is 5.66. The Kier molecular flexibility index (Phi) is 2.81. The molecule has 0 fully saturated rings. The van der Waals surface area contributed by atoms with Gasteiger partial charge in [0.05, 0.1) is 0 Å². The van der Waals surface area contributed by atoms with Gasteiger partial charge in [-0.15, -0.1) is 0 Å². The van der Waals surface area contributed by atoms with Crippen molar-refractivity contribution in [1.29, 1.82) is 0 Å². The Bertz CT molecular complexity index is 1460. The van der Waals surface area contributed by atoms with E-state index >= 15 is 0 Å². The second-order valence-corrected chi connectivity index (χ2v) is 7.18. The summed E-state index contributed by atoms with van der Waals surface area (Å²) in [5.41, 5.74) is 2.33. The minimum absolute atomic E-state index is 0.293. The van der Waals surface area contributed by atoms with Gasteiger partial charge in [0.1, 0.15) is 5.75 Å². The first-order valence-corrected chi connectivity index (χ1v) is 9.18. The van der Waals surface area contributed by atoms with Gasteiger partial charge >= 0.3 is 0 Å². The van der Waals surface area contributed by atoms with Crippen LogP contribution in [0.2, 0.25) is 0 Å². The zero-order valence-electron chi connectivity index (χ0n) is 14.6. The first-order chi connectivity index (χ1) is 13.3. The molecule has 0 saturated carbocycles. The van der Waals surface area contributed by atoms with Gasteiger partial charge < -0.3 is 5.11 Å². The van der Waals surface area contributed by atoms with Gasteiger partial charge in [0.15, 0.2) is 0 Å². The lowest BCUT2D eigenvalue weighted by atomic mass is 9.87. The second kappa shape index (κ2) is 5.21. The standard InChI is InChI=1S/C26H16O/c27-20-11-8-16(9-12-20)24-15-19-14-18-4-1-2-6-21(18)23-13-10-17-5-3-7-22(24)25(17)26(19)23/h1-15,27H. The van der Waals surface area contributed by atoms with Gasteiger partial charge in [0.25, 0.3) is 0 Å². The smallest absolute Gasteiger partial charge is 0.115 e. The Labute approximate surface area is 156 Å². The zero-order chi connectivity index (χ0) is 18.0. The number of phenolic OH excluding ortho intramolecular Hbond substituents is 1. The Morgan fingerprint density at radius 3 is 2.11 bits per heavy atom. The number of aromatic hydroxyl groups is 1. The second-order valence-electron chi connectivity index (χ2n) is 7.18. The van der Waals surface area contributed by atoms with E-state index in [9.17, 15) is 5.11 Å². The molecular formula is C26H16O. The van der Waals surface area contributed by atoms with E-state index in [0.717, 1.165) is 5.56 Å². The third kappa shape index (κ3) is 2.00. The van der Waals surface area contributed by atoms with Gasteiger partial charge in [-0.2, -0.15) is 0 Å². The molecule has 1 heteroatoms. The van der Waals surface area contributed by atoms with E-state index in [4.69, 9.17) is 0 Å². The molecule has 0 aliphatic heterocycles. The summed E-state index contributed by atoms with van der Waals surface area (Å²) in [4.78, 5) is 0. The quantitative estimate of drug-likeness (QED) is 0.249. The van der Waals surface area contributed by atoms with Crippen LogP contribution in [0.4, 0.5) is 0 Å². The van der Waals surface area contributed by atoms with Crippen LogP contribution in [0.15, 0.2) is 91.0 Å². The first kappa shape index (κ1) is 14.6. The molecule has 126 valence electrons. The fourth-order valence-electron chi connectivity index (χ4n) is 4.46. The molecule has 1 nitrogen and oxygen atoms in total. The van der Waals surface area contributed by atoms with Crippen LogP contribution in [0.25, 0.3) is 54.2 Å². The van der Waals surface area contributed by atoms with Crippen LogP contribution in [0.3, 0.4) is 0 Å². The van der Waals surface area contributed by atoms with Crippen molar-refractivity contribution in [3.63, 3.8) is 0 Å². The molecule has 0 amide bonds. The number of fused-ring (bicyclic) bond motifs is 2. The van der Waals surface area contributed by atoms with Crippen LogP contribution < -0.4 is 0 Å². The molecule has 0 unspecified atom stereocenters. The number of hydrogen-bond donors (Lipinski definition) is 1. The Hall–Kier alpha value is -3.58. The number of phenols is 1. The Morgan fingerprint density at radius 2 is 1.22 bits per heavy atom. The summed E-state index contributed by atoms with van der Waals surface area (Å²) in [7, 11) is 0. The molecular weight excluding hydrogens is 328 g/mol. The Morgan fingerprint density at radius 1 is 0.481 bits per heavy atom. The van der Waals surface area contributed by atoms with Crippen molar-refractivity contribution in [2.45, 2.75) is 0 Å². The van der Waals surface area contributed by atoms with E-state index in [1.54, 1.807) is 12.1 Å². The maximum absolute atomic E-state index is 9.69. The average molecular weight is 344 g/mol. The number of hydrogen-bond acceptors (Lipinski definition) is 1. The summed E-state index contributed by atoms with van der Waals surface area (Å²) in [6.07, 6.45) is 0. The summed E-state index contributed by atoms with van der Waals surface area (Å²) >= 11 is 0. The van der Waals surface area contributed by atoms with Crippen molar-refractivity contribution < 1.29 is 5.11 Å². The predicted molar refractivity (Wildman–Crippen MR) is 115 cm³/mol. The largest absolute Gasteiger partial charge is 0.508 e. The molecule has 6 aromatic carbocycles. The maximum Gasteiger partial charge on any atom is 0.115 e. The van der Waals surface area contributed by atoms with E-state index in [1.807, 2.05) is 12.1 Å². The summed E-state index contributed by atoms with van der Waals surface area (Å²) in [6, 6.07) is 31.7. The molecule has 0 aliphatic rings. The van der Waals surface area contributed by atoms with Gasteiger partial charge in [0.2, 0.25) is 0 Å². The van der Waals surface area contributed by atoms with E-state index in [2.05, 4.69) is 66.7 Å². The Balaban J connectivity index is 1.87. The van der Waals surface area contributed by atoms with Crippen LogP contribution in [0.1, 0.15) is 0 Å². The summed E-state index contributed by atoms with van der Waals surface area (Å²) < 4.78 is 0. The van der Waals surface area contributed by atoms with Crippen molar-refractivity contribution >= 4 is 43.1 Å². The van der Waals surface area contributed by atoms with Crippen LogP contribution >= 0.6 is 0 Å². The van der Waals surface area contributed by atoms with Gasteiger partial charge in [-0.1, -0.05) is 66.7 Å². The monoisotopic (exact) mass is 344 g/mol. The van der Waals surface area contributed by atoms with Crippen LogP contribution in [-0.2, 0) is 0 Å². The highest BCUT2D eigenvalue weighted by Crippen LogP contribution is 2.42. The highest BCUT2D eigenvalue weighted by Gasteiger charge is 2.14. The van der Waals surface area contributed by atoms with Gasteiger partial charge in [-0.05, 0) is 78.5 Å². The van der Waals surface area contributed by atoms with Crippen molar-refractivity contribution in [2.24, 2.45) is 0 Å². The van der Waals surface area contributed by atoms with Crippen LogP contribution in [0, 0.1) is 0 Å². The molecule has 0 spiro atoms. The lowest BCUT2D eigenvalue weighted by molar-refractivity contribution is 0.475. The zero-order valence-corrected chi connectivity index (χ0v) is 14.6. The van der Waals surface area contributed by atoms with Crippen molar-refractivity contribution in [2.75, 3.05) is 0 Å². The third-order valence-corrected chi connectivity index (χ3v) is 5.66. The molecule has 6 rings (SSSR count). The summed E-state index contributed by atoms with van der Waals surface area (Å²) in [6.45, 7) is 0. The normalized spacial score (nSPS) is 11.9. The molecule has 0 heterocycles. The minimum Gasteiger partial charge on any atom is -0.508 e. The van der Waals surface area contributed by atoms with Crippen molar-refractivity contribution in [1.82, 2.24) is 0 Å². The van der Waals surface area contributed by atoms with Crippen molar-refractivity contribution in [3.05, 3.63) is 91.0 Å². The summed E-state index contributed by atoms with van der Waals surface area (Å²) in [5.74, 6) is 0.293. The highest BCUT2D eigenvalue weighted by molar-refractivity contribution is 6.31. The van der Waals surface area contributed by atoms with Gasteiger partial charge in [0, 0.05) is 0 Å². The summed E-state index contributed by atoms with van der Waals surface area (Å²) in [5, 5.41) is 20.0. The molecule has 0 atom stereocenters. The SMILES string of the molecule is Oc1ccc(-c2cc3cc4ccccc4c4ccc5cccc2c5c34)cc1. The first-order valence-electron chi connectivity index (χ1n) is 9.18. The topological polar surface area (TPSA) is 20.2 Å². The molecule has 27 heavy (non-hydrogen) atoms. The number of benzene rings is 6. The van der Waals surface area contributed by atoms with Crippen molar-refractivity contribution in [3.8, 4) is 16.9 Å². The number of rotatable bonds is 1. The van der Waals surface area contributed by atoms with Gasteiger partial charge in [-0.25, -0.2) is 0 Å².